The Bertz CT molecular complexity index is 264. The summed E-state index contributed by atoms with van der Waals surface area (Å²) in [6.07, 6.45) is 5.65. The summed E-state index contributed by atoms with van der Waals surface area (Å²) in [6, 6.07) is 0. The first kappa shape index (κ1) is 12.3. The number of aliphatic hydroxyl groups excluding tert-OH is 1. The normalized spacial score (nSPS) is 21.6. The van der Waals surface area contributed by atoms with Gasteiger partial charge in [-0.05, 0) is 43.3 Å². The molecule has 0 saturated heterocycles. The third-order valence-electron chi connectivity index (χ3n) is 2.96. The number of ether oxygens (including phenoxy) is 1. The molecule has 15 heavy (non-hydrogen) atoms. The van der Waals surface area contributed by atoms with Gasteiger partial charge in [-0.1, -0.05) is 19.9 Å². The summed E-state index contributed by atoms with van der Waals surface area (Å²) in [5.41, 5.74) is 2.63. The number of hydrogen-bond donors (Lipinski definition) is 1. The fourth-order valence-electron chi connectivity index (χ4n) is 2.11. The summed E-state index contributed by atoms with van der Waals surface area (Å²) in [4.78, 5) is 0. The van der Waals surface area contributed by atoms with E-state index in [1.165, 1.54) is 17.6 Å². The van der Waals surface area contributed by atoms with Gasteiger partial charge in [-0.15, -0.1) is 0 Å². The summed E-state index contributed by atoms with van der Waals surface area (Å²) < 4.78 is 5.60. The molecule has 0 aromatic rings. The van der Waals surface area contributed by atoms with E-state index in [0.29, 0.717) is 12.5 Å². The lowest BCUT2D eigenvalue weighted by atomic mass is 9.87. The SMILES string of the molecule is CCC1=C(OCCO)C(C)=CC(CC)C1. The quantitative estimate of drug-likeness (QED) is 0.755. The first-order valence-electron chi connectivity index (χ1n) is 5.87. The van der Waals surface area contributed by atoms with Gasteiger partial charge in [-0.3, -0.25) is 0 Å². The smallest absolute Gasteiger partial charge is 0.121 e. The summed E-state index contributed by atoms with van der Waals surface area (Å²) in [5.74, 6) is 1.69. The van der Waals surface area contributed by atoms with Crippen molar-refractivity contribution in [1.29, 1.82) is 0 Å². The van der Waals surface area contributed by atoms with E-state index < -0.39 is 0 Å². The third-order valence-corrected chi connectivity index (χ3v) is 2.96. The average Bonchev–Trinajstić information content (AvgIpc) is 2.26. The molecule has 1 aliphatic rings. The number of allylic oxidation sites excluding steroid dienone is 3. The zero-order valence-electron chi connectivity index (χ0n) is 10.0. The second-order valence-electron chi connectivity index (χ2n) is 4.08. The third kappa shape index (κ3) is 3.10. The van der Waals surface area contributed by atoms with Crippen molar-refractivity contribution in [3.05, 3.63) is 23.0 Å². The van der Waals surface area contributed by atoms with Crippen LogP contribution in [0.15, 0.2) is 23.0 Å². The molecular weight excluding hydrogens is 188 g/mol. The Morgan fingerprint density at radius 1 is 1.47 bits per heavy atom. The fourth-order valence-corrected chi connectivity index (χ4v) is 2.11. The van der Waals surface area contributed by atoms with Crippen LogP contribution in [-0.2, 0) is 4.74 Å². The lowest BCUT2D eigenvalue weighted by molar-refractivity contribution is 0.145. The first-order valence-corrected chi connectivity index (χ1v) is 5.87. The fraction of sp³-hybridized carbons (Fsp3) is 0.692. The molecule has 0 aromatic heterocycles. The Morgan fingerprint density at radius 2 is 2.20 bits per heavy atom. The molecule has 0 aromatic carbocycles. The van der Waals surface area contributed by atoms with Crippen LogP contribution >= 0.6 is 0 Å². The zero-order chi connectivity index (χ0) is 11.3. The molecule has 1 unspecified atom stereocenters. The van der Waals surface area contributed by atoms with Gasteiger partial charge >= 0.3 is 0 Å². The minimum atomic E-state index is 0.0883. The number of hydrogen-bond acceptors (Lipinski definition) is 2. The van der Waals surface area contributed by atoms with Crippen LogP contribution in [0.3, 0.4) is 0 Å². The van der Waals surface area contributed by atoms with E-state index in [4.69, 9.17) is 9.84 Å². The Hall–Kier alpha value is -0.760. The van der Waals surface area contributed by atoms with Gasteiger partial charge in [0.25, 0.3) is 0 Å². The Balaban J connectivity index is 2.79. The minimum Gasteiger partial charge on any atom is -0.491 e. The molecule has 1 atom stereocenters. The summed E-state index contributed by atoms with van der Waals surface area (Å²) >= 11 is 0. The van der Waals surface area contributed by atoms with Crippen LogP contribution in [0.1, 0.15) is 40.0 Å². The Kier molecular flexibility index (Phi) is 4.89. The van der Waals surface area contributed by atoms with Crippen LogP contribution in [0.25, 0.3) is 0 Å². The molecule has 1 N–H and O–H groups in total. The number of rotatable bonds is 5. The van der Waals surface area contributed by atoms with E-state index in [2.05, 4.69) is 26.8 Å². The van der Waals surface area contributed by atoms with Crippen molar-refractivity contribution in [2.75, 3.05) is 13.2 Å². The standard InChI is InChI=1S/C13H22O2/c1-4-11-8-10(3)13(15-7-6-14)12(5-2)9-11/h8,11,14H,4-7,9H2,1-3H3. The maximum atomic E-state index is 8.77. The van der Waals surface area contributed by atoms with Crippen molar-refractivity contribution in [1.82, 2.24) is 0 Å². The van der Waals surface area contributed by atoms with Gasteiger partial charge in [-0.25, -0.2) is 0 Å². The summed E-state index contributed by atoms with van der Waals surface area (Å²) in [5, 5.41) is 8.77. The van der Waals surface area contributed by atoms with Crippen LogP contribution in [0.5, 0.6) is 0 Å². The van der Waals surface area contributed by atoms with E-state index >= 15 is 0 Å². The highest BCUT2D eigenvalue weighted by Gasteiger charge is 2.18. The maximum Gasteiger partial charge on any atom is 0.121 e. The van der Waals surface area contributed by atoms with Crippen molar-refractivity contribution in [3.8, 4) is 0 Å². The van der Waals surface area contributed by atoms with E-state index in [-0.39, 0.29) is 6.61 Å². The van der Waals surface area contributed by atoms with Gasteiger partial charge in [0.05, 0.1) is 6.61 Å². The molecule has 86 valence electrons. The molecule has 0 fully saturated rings. The molecule has 0 radical (unpaired) electrons. The van der Waals surface area contributed by atoms with Crippen LogP contribution in [-0.4, -0.2) is 18.3 Å². The van der Waals surface area contributed by atoms with Crippen LogP contribution in [0.4, 0.5) is 0 Å². The van der Waals surface area contributed by atoms with Crippen molar-refractivity contribution >= 4 is 0 Å². The highest BCUT2D eigenvalue weighted by Crippen LogP contribution is 2.32. The van der Waals surface area contributed by atoms with Gasteiger partial charge in [-0.2, -0.15) is 0 Å². The van der Waals surface area contributed by atoms with Crippen molar-refractivity contribution in [3.63, 3.8) is 0 Å². The summed E-state index contributed by atoms with van der Waals surface area (Å²) in [6.45, 7) is 6.99. The Morgan fingerprint density at radius 3 is 2.73 bits per heavy atom. The molecule has 0 aliphatic heterocycles. The maximum absolute atomic E-state index is 8.77. The largest absolute Gasteiger partial charge is 0.491 e. The predicted molar refractivity (Wildman–Crippen MR) is 62.5 cm³/mol. The van der Waals surface area contributed by atoms with Crippen LogP contribution < -0.4 is 0 Å². The Labute approximate surface area is 92.6 Å². The van der Waals surface area contributed by atoms with Crippen molar-refractivity contribution < 1.29 is 9.84 Å². The van der Waals surface area contributed by atoms with Crippen LogP contribution in [0, 0.1) is 5.92 Å². The lowest BCUT2D eigenvalue weighted by Crippen LogP contribution is -2.11. The second-order valence-corrected chi connectivity index (χ2v) is 4.08. The molecule has 0 bridgehead atoms. The molecule has 1 aliphatic carbocycles. The molecule has 2 heteroatoms. The minimum absolute atomic E-state index is 0.0883. The van der Waals surface area contributed by atoms with E-state index in [0.717, 1.165) is 18.6 Å². The monoisotopic (exact) mass is 210 g/mol. The van der Waals surface area contributed by atoms with E-state index in [9.17, 15) is 0 Å². The molecular formula is C13H22O2. The van der Waals surface area contributed by atoms with Gasteiger partial charge in [0, 0.05) is 0 Å². The molecule has 0 saturated carbocycles. The van der Waals surface area contributed by atoms with Gasteiger partial charge < -0.3 is 9.84 Å². The lowest BCUT2D eigenvalue weighted by Gasteiger charge is -2.24. The molecule has 2 nitrogen and oxygen atoms in total. The highest BCUT2D eigenvalue weighted by atomic mass is 16.5. The predicted octanol–water partition coefficient (Wildman–Crippen LogP) is 3.04. The topological polar surface area (TPSA) is 29.5 Å². The zero-order valence-corrected chi connectivity index (χ0v) is 10.0. The van der Waals surface area contributed by atoms with E-state index in [1.54, 1.807) is 0 Å². The summed E-state index contributed by atoms with van der Waals surface area (Å²) in [7, 11) is 0. The van der Waals surface area contributed by atoms with Crippen molar-refractivity contribution in [2.24, 2.45) is 5.92 Å². The van der Waals surface area contributed by atoms with Crippen LogP contribution in [0.2, 0.25) is 0 Å². The molecule has 0 amide bonds. The van der Waals surface area contributed by atoms with E-state index in [1.807, 2.05) is 0 Å². The van der Waals surface area contributed by atoms with Gasteiger partial charge in [0.1, 0.15) is 12.4 Å². The van der Waals surface area contributed by atoms with Gasteiger partial charge in [0.15, 0.2) is 0 Å². The average molecular weight is 210 g/mol. The first-order chi connectivity index (χ1) is 7.22. The number of aliphatic hydroxyl groups is 1. The second kappa shape index (κ2) is 5.96. The van der Waals surface area contributed by atoms with Crippen molar-refractivity contribution in [2.45, 2.75) is 40.0 Å². The molecule has 0 spiro atoms. The molecule has 0 heterocycles. The molecule has 1 rings (SSSR count). The highest BCUT2D eigenvalue weighted by molar-refractivity contribution is 5.34. The van der Waals surface area contributed by atoms with Gasteiger partial charge in [0.2, 0.25) is 0 Å².